The zero-order valence-electron chi connectivity index (χ0n) is 14.5. The Morgan fingerprint density at radius 2 is 2.08 bits per heavy atom. The Bertz CT molecular complexity index is 559. The summed E-state index contributed by atoms with van der Waals surface area (Å²) >= 11 is 0. The first-order chi connectivity index (χ1) is 11.6. The van der Waals surface area contributed by atoms with Crippen molar-refractivity contribution in [3.05, 3.63) is 27.8 Å². The van der Waals surface area contributed by atoms with E-state index in [0.29, 0.717) is 0 Å². The van der Waals surface area contributed by atoms with E-state index in [2.05, 4.69) is 17.1 Å². The minimum atomic E-state index is -0.553. The maximum Gasteiger partial charge on any atom is 0.314 e. The van der Waals surface area contributed by atoms with E-state index in [1.807, 2.05) is 0 Å². The minimum absolute atomic E-state index is 0.104. The van der Waals surface area contributed by atoms with Gasteiger partial charge in [-0.15, -0.1) is 0 Å². The molecule has 0 radical (unpaired) electrons. The monoisotopic (exact) mass is 337 g/mol. The number of nitrogens with one attached hydrogen (secondary N) is 1. The summed E-state index contributed by atoms with van der Waals surface area (Å²) in [4.78, 5) is 13.1. The first kappa shape index (κ1) is 18.5. The average Bonchev–Trinajstić information content (AvgIpc) is 2.60. The molecule has 0 spiro atoms. The van der Waals surface area contributed by atoms with Gasteiger partial charge in [0.05, 0.1) is 12.0 Å². The van der Waals surface area contributed by atoms with Crippen LogP contribution in [0.15, 0.2) is 12.1 Å². The Hall–Kier alpha value is -1.86. The molecule has 7 heteroatoms. The van der Waals surface area contributed by atoms with E-state index in [1.54, 1.807) is 6.07 Å². The molecule has 2 N–H and O–H groups in total. The largest absolute Gasteiger partial charge is 0.500 e. The molecule has 1 saturated heterocycles. The molecule has 1 aromatic carbocycles. The molecule has 7 nitrogen and oxygen atoms in total. The number of hydrogen-bond acceptors (Lipinski definition) is 6. The highest BCUT2D eigenvalue weighted by Crippen LogP contribution is 2.40. The second-order valence-electron chi connectivity index (χ2n) is 6.15. The van der Waals surface area contributed by atoms with E-state index < -0.39 is 10.7 Å². The van der Waals surface area contributed by atoms with E-state index >= 15 is 0 Å². The topological polar surface area (TPSA) is 87.9 Å². The number of rotatable bonds is 8. The maximum atomic E-state index is 11.3. The standard InChI is InChI=1S/C17H27N3O4/c1-3-4-5-6-14(19-9-7-18-8-10-19)13-11-15(20(22)23)17(21)16(12-13)24-2/h11-12,14,18,21H,3-10H2,1-2H3/t14-/m1/s1. The van der Waals surface area contributed by atoms with Crippen LogP contribution in [0.5, 0.6) is 11.5 Å². The molecule has 0 bridgehead atoms. The van der Waals surface area contributed by atoms with E-state index in [4.69, 9.17) is 4.74 Å². The third-order valence-electron chi connectivity index (χ3n) is 4.55. The Labute approximate surface area is 142 Å². The second kappa shape index (κ2) is 8.84. The van der Waals surface area contributed by atoms with Crippen molar-refractivity contribution in [3.63, 3.8) is 0 Å². The molecule has 0 aliphatic carbocycles. The number of aromatic hydroxyl groups is 1. The number of unbranched alkanes of at least 4 members (excludes halogenated alkanes) is 2. The quantitative estimate of drug-likeness (QED) is 0.431. The van der Waals surface area contributed by atoms with E-state index in [1.165, 1.54) is 13.2 Å². The van der Waals surface area contributed by atoms with Gasteiger partial charge in [-0.2, -0.15) is 0 Å². The molecule has 24 heavy (non-hydrogen) atoms. The molecular formula is C17H27N3O4. The highest BCUT2D eigenvalue weighted by molar-refractivity contribution is 5.57. The number of methoxy groups -OCH3 is 1. The molecule has 0 aromatic heterocycles. The molecule has 1 aliphatic heterocycles. The molecule has 1 fully saturated rings. The van der Waals surface area contributed by atoms with Gasteiger partial charge in [0.25, 0.3) is 0 Å². The predicted molar refractivity (Wildman–Crippen MR) is 92.6 cm³/mol. The fraction of sp³-hybridized carbons (Fsp3) is 0.647. The first-order valence-corrected chi connectivity index (χ1v) is 8.58. The zero-order valence-corrected chi connectivity index (χ0v) is 14.5. The highest BCUT2D eigenvalue weighted by Gasteiger charge is 2.27. The van der Waals surface area contributed by atoms with Crippen LogP contribution < -0.4 is 10.1 Å². The summed E-state index contributed by atoms with van der Waals surface area (Å²) in [7, 11) is 1.42. The Kier molecular flexibility index (Phi) is 6.81. The number of phenolic OH excluding ortho intramolecular Hbond substituents is 1. The lowest BCUT2D eigenvalue weighted by Crippen LogP contribution is -2.45. The van der Waals surface area contributed by atoms with Crippen molar-refractivity contribution in [2.24, 2.45) is 0 Å². The lowest BCUT2D eigenvalue weighted by molar-refractivity contribution is -0.386. The van der Waals surface area contributed by atoms with Gasteiger partial charge in [-0.1, -0.05) is 26.2 Å². The molecular weight excluding hydrogens is 310 g/mol. The Morgan fingerprint density at radius 1 is 1.38 bits per heavy atom. The van der Waals surface area contributed by atoms with Crippen LogP contribution in [0.1, 0.15) is 44.2 Å². The summed E-state index contributed by atoms with van der Waals surface area (Å²) in [5.41, 5.74) is 0.550. The summed E-state index contributed by atoms with van der Waals surface area (Å²) in [6.07, 6.45) is 4.29. The van der Waals surface area contributed by atoms with Crippen LogP contribution in [0.4, 0.5) is 5.69 Å². The molecule has 1 atom stereocenters. The molecule has 1 aromatic rings. The summed E-state index contributed by atoms with van der Waals surface area (Å²) in [6, 6.07) is 3.34. The fourth-order valence-corrected chi connectivity index (χ4v) is 3.24. The van der Waals surface area contributed by atoms with Crippen LogP contribution in [0.25, 0.3) is 0 Å². The molecule has 1 heterocycles. The number of phenols is 1. The van der Waals surface area contributed by atoms with Crippen LogP contribution >= 0.6 is 0 Å². The lowest BCUT2D eigenvalue weighted by Gasteiger charge is -2.35. The maximum absolute atomic E-state index is 11.3. The third-order valence-corrected chi connectivity index (χ3v) is 4.55. The summed E-state index contributed by atoms with van der Waals surface area (Å²) < 4.78 is 5.15. The number of nitro groups is 1. The first-order valence-electron chi connectivity index (χ1n) is 8.58. The summed E-state index contributed by atoms with van der Waals surface area (Å²) in [5, 5.41) is 24.6. The molecule has 0 saturated carbocycles. The zero-order chi connectivity index (χ0) is 17.5. The third kappa shape index (κ3) is 4.36. The van der Waals surface area contributed by atoms with Crippen LogP contribution in [0.2, 0.25) is 0 Å². The number of hydrogen-bond donors (Lipinski definition) is 2. The van der Waals surface area contributed by atoms with Crippen molar-refractivity contribution in [2.45, 2.75) is 38.6 Å². The van der Waals surface area contributed by atoms with Crippen LogP contribution in [-0.4, -0.2) is 48.2 Å². The molecule has 0 amide bonds. The van der Waals surface area contributed by atoms with E-state index in [9.17, 15) is 15.2 Å². The molecule has 134 valence electrons. The van der Waals surface area contributed by atoms with Gasteiger partial charge < -0.3 is 15.2 Å². The van der Waals surface area contributed by atoms with Crippen molar-refractivity contribution >= 4 is 5.69 Å². The number of ether oxygens (including phenoxy) is 1. The smallest absolute Gasteiger partial charge is 0.314 e. The van der Waals surface area contributed by atoms with Crippen LogP contribution in [0.3, 0.4) is 0 Å². The number of nitro benzene ring substituents is 1. The van der Waals surface area contributed by atoms with Crippen LogP contribution in [-0.2, 0) is 0 Å². The van der Waals surface area contributed by atoms with Crippen molar-refractivity contribution in [1.82, 2.24) is 10.2 Å². The van der Waals surface area contributed by atoms with Gasteiger partial charge in [0.15, 0.2) is 5.75 Å². The summed E-state index contributed by atoms with van der Waals surface area (Å²) in [5.74, 6) is -0.242. The van der Waals surface area contributed by atoms with Crippen molar-refractivity contribution in [1.29, 1.82) is 0 Å². The normalized spacial score (nSPS) is 16.8. The van der Waals surface area contributed by atoms with Crippen LogP contribution in [0, 0.1) is 10.1 Å². The predicted octanol–water partition coefficient (Wildman–Crippen LogP) is 2.84. The van der Waals surface area contributed by atoms with Gasteiger partial charge in [0.2, 0.25) is 5.75 Å². The van der Waals surface area contributed by atoms with Gasteiger partial charge in [-0.3, -0.25) is 15.0 Å². The Balaban J connectivity index is 2.35. The molecule has 1 aliphatic rings. The van der Waals surface area contributed by atoms with Gasteiger partial charge in [0, 0.05) is 38.3 Å². The Morgan fingerprint density at radius 3 is 2.67 bits per heavy atom. The van der Waals surface area contributed by atoms with E-state index in [0.717, 1.165) is 57.4 Å². The second-order valence-corrected chi connectivity index (χ2v) is 6.15. The van der Waals surface area contributed by atoms with Gasteiger partial charge >= 0.3 is 5.69 Å². The number of piperazine rings is 1. The average molecular weight is 337 g/mol. The SMILES string of the molecule is CCCCC[C@H](c1cc(OC)c(O)c([N+](=O)[O-])c1)N1CCNCC1. The van der Waals surface area contributed by atoms with Crippen molar-refractivity contribution in [3.8, 4) is 11.5 Å². The highest BCUT2D eigenvalue weighted by atomic mass is 16.6. The minimum Gasteiger partial charge on any atom is -0.500 e. The molecule has 2 rings (SSSR count). The lowest BCUT2D eigenvalue weighted by atomic mass is 9.97. The number of nitrogens with zero attached hydrogens (tertiary/aromatic N) is 2. The summed E-state index contributed by atoms with van der Waals surface area (Å²) in [6.45, 7) is 5.82. The van der Waals surface area contributed by atoms with Crippen molar-refractivity contribution in [2.75, 3.05) is 33.3 Å². The molecule has 0 unspecified atom stereocenters. The fourth-order valence-electron chi connectivity index (χ4n) is 3.24. The van der Waals surface area contributed by atoms with Gasteiger partial charge in [-0.05, 0) is 18.1 Å². The van der Waals surface area contributed by atoms with E-state index in [-0.39, 0.29) is 17.5 Å². The number of benzene rings is 1. The van der Waals surface area contributed by atoms with Gasteiger partial charge in [-0.25, -0.2) is 0 Å². The van der Waals surface area contributed by atoms with Gasteiger partial charge in [0.1, 0.15) is 0 Å². The van der Waals surface area contributed by atoms with Crippen molar-refractivity contribution < 1.29 is 14.8 Å².